The Hall–Kier alpha value is -1.88. The van der Waals surface area contributed by atoms with Crippen molar-refractivity contribution < 1.29 is 19.1 Å². The maximum atomic E-state index is 12.9. The highest BCUT2D eigenvalue weighted by Crippen LogP contribution is 2.54. The molecule has 0 radical (unpaired) electrons. The fourth-order valence-corrected chi connectivity index (χ4v) is 4.18. The Labute approximate surface area is 142 Å². The lowest BCUT2D eigenvalue weighted by molar-refractivity contribution is -0.159. The number of hydrogen-bond acceptors (Lipinski definition) is 4. The zero-order valence-electron chi connectivity index (χ0n) is 14.9. The van der Waals surface area contributed by atoms with Crippen molar-refractivity contribution in [3.63, 3.8) is 0 Å². The van der Waals surface area contributed by atoms with Crippen molar-refractivity contribution in [1.82, 2.24) is 4.90 Å². The number of ether oxygens (including phenoxy) is 2. The third kappa shape index (κ3) is 2.18. The second-order valence-electron chi connectivity index (χ2n) is 7.74. The first-order chi connectivity index (χ1) is 11.2. The summed E-state index contributed by atoms with van der Waals surface area (Å²) in [5.74, 6) is -0.735. The van der Waals surface area contributed by atoms with Gasteiger partial charge in [0.2, 0.25) is 5.91 Å². The molecule has 0 aromatic heterocycles. The molecule has 2 aliphatic heterocycles. The van der Waals surface area contributed by atoms with Crippen LogP contribution in [0.25, 0.3) is 0 Å². The van der Waals surface area contributed by atoms with Gasteiger partial charge in [0, 0.05) is 17.8 Å². The number of methoxy groups -OCH3 is 1. The molecule has 24 heavy (non-hydrogen) atoms. The number of fused-ring (bicyclic) bond motifs is 1. The smallest absolute Gasteiger partial charge is 0.335 e. The number of amides is 1. The van der Waals surface area contributed by atoms with E-state index in [-0.39, 0.29) is 17.2 Å². The van der Waals surface area contributed by atoms with Crippen LogP contribution in [0.3, 0.4) is 0 Å². The Bertz CT molecular complexity index is 651. The number of carbonyl (C=O) groups is 2. The molecule has 2 saturated heterocycles. The van der Waals surface area contributed by atoms with Crippen LogP contribution in [0, 0.1) is 5.41 Å². The number of benzene rings is 1. The molecule has 2 heterocycles. The molecule has 4 atom stereocenters. The van der Waals surface area contributed by atoms with Crippen LogP contribution >= 0.6 is 0 Å². The van der Waals surface area contributed by atoms with Crippen LogP contribution in [-0.2, 0) is 19.1 Å². The molecule has 5 nitrogen and oxygen atoms in total. The van der Waals surface area contributed by atoms with Crippen LogP contribution in [0.15, 0.2) is 30.3 Å². The average Bonchev–Trinajstić information content (AvgIpc) is 3.02. The molecule has 3 rings (SSSR count). The fourth-order valence-electron chi connectivity index (χ4n) is 4.18. The van der Waals surface area contributed by atoms with E-state index in [9.17, 15) is 9.59 Å². The van der Waals surface area contributed by atoms with E-state index in [0.717, 1.165) is 5.56 Å². The van der Waals surface area contributed by atoms with Crippen LogP contribution < -0.4 is 0 Å². The van der Waals surface area contributed by atoms with Gasteiger partial charge in [-0.25, -0.2) is 4.79 Å². The highest BCUT2D eigenvalue weighted by molar-refractivity contribution is 5.95. The standard InChI is InChI=1S/C19H25NO4/c1-12-19(17(22)23-5)14(13-9-7-6-8-10-13)11-15(21)20(19)16(24-12)18(2,3)4/h6-10,12,14,16H,11H2,1-5H3/t12-,14+,16+,19+/m0/s1. The molecule has 0 unspecified atom stereocenters. The summed E-state index contributed by atoms with van der Waals surface area (Å²) in [4.78, 5) is 27.5. The fraction of sp³-hybridized carbons (Fsp3) is 0.579. The Morgan fingerprint density at radius 3 is 2.46 bits per heavy atom. The molecule has 1 aromatic carbocycles. The Balaban J connectivity index is 2.18. The summed E-state index contributed by atoms with van der Waals surface area (Å²) in [6, 6.07) is 9.70. The molecule has 130 valence electrons. The molecule has 1 aromatic rings. The zero-order valence-corrected chi connectivity index (χ0v) is 14.9. The normalized spacial score (nSPS) is 32.8. The summed E-state index contributed by atoms with van der Waals surface area (Å²) in [6.07, 6.45) is -0.599. The van der Waals surface area contributed by atoms with E-state index in [1.54, 1.807) is 4.90 Å². The third-order valence-electron chi connectivity index (χ3n) is 5.22. The molecule has 2 fully saturated rings. The van der Waals surface area contributed by atoms with Crippen molar-refractivity contribution in [2.45, 2.75) is 57.9 Å². The van der Waals surface area contributed by atoms with Gasteiger partial charge < -0.3 is 9.47 Å². The summed E-state index contributed by atoms with van der Waals surface area (Å²) in [6.45, 7) is 7.91. The van der Waals surface area contributed by atoms with E-state index in [0.29, 0.717) is 6.42 Å². The van der Waals surface area contributed by atoms with E-state index in [4.69, 9.17) is 9.47 Å². The third-order valence-corrected chi connectivity index (χ3v) is 5.22. The summed E-state index contributed by atoms with van der Waals surface area (Å²) in [5.41, 5.74) is -0.445. The number of nitrogens with zero attached hydrogens (tertiary/aromatic N) is 1. The predicted octanol–water partition coefficient (Wildman–Crippen LogP) is 2.71. The van der Waals surface area contributed by atoms with Crippen molar-refractivity contribution in [3.05, 3.63) is 35.9 Å². The molecular formula is C19H25NO4. The predicted molar refractivity (Wildman–Crippen MR) is 89.2 cm³/mol. The number of carbonyl (C=O) groups excluding carboxylic acids is 2. The van der Waals surface area contributed by atoms with Gasteiger partial charge in [-0.15, -0.1) is 0 Å². The van der Waals surface area contributed by atoms with Crippen molar-refractivity contribution in [2.24, 2.45) is 5.41 Å². The highest BCUT2D eigenvalue weighted by Gasteiger charge is 2.70. The van der Waals surface area contributed by atoms with E-state index in [2.05, 4.69) is 0 Å². The summed E-state index contributed by atoms with van der Waals surface area (Å²) >= 11 is 0. The van der Waals surface area contributed by atoms with Gasteiger partial charge in [-0.1, -0.05) is 51.1 Å². The Morgan fingerprint density at radius 2 is 1.92 bits per heavy atom. The van der Waals surface area contributed by atoms with Gasteiger partial charge in [0.1, 0.15) is 6.23 Å². The van der Waals surface area contributed by atoms with Crippen molar-refractivity contribution in [2.75, 3.05) is 7.11 Å². The Kier molecular flexibility index (Phi) is 3.95. The quantitative estimate of drug-likeness (QED) is 0.782. The number of rotatable bonds is 2. The first-order valence-corrected chi connectivity index (χ1v) is 8.35. The lowest BCUT2D eigenvalue weighted by atomic mass is 9.76. The largest absolute Gasteiger partial charge is 0.467 e. The first kappa shape index (κ1) is 17.0. The van der Waals surface area contributed by atoms with E-state index < -0.39 is 23.8 Å². The van der Waals surface area contributed by atoms with Crippen LogP contribution in [0.1, 0.15) is 45.6 Å². The monoisotopic (exact) mass is 331 g/mol. The van der Waals surface area contributed by atoms with Gasteiger partial charge >= 0.3 is 5.97 Å². The van der Waals surface area contributed by atoms with Crippen LogP contribution in [-0.4, -0.2) is 41.8 Å². The molecule has 2 aliphatic rings. The second-order valence-corrected chi connectivity index (χ2v) is 7.74. The van der Waals surface area contributed by atoms with Gasteiger partial charge in [0.05, 0.1) is 13.2 Å². The highest BCUT2D eigenvalue weighted by atomic mass is 16.6. The van der Waals surface area contributed by atoms with Crippen molar-refractivity contribution >= 4 is 11.9 Å². The lowest BCUT2D eigenvalue weighted by Crippen LogP contribution is -2.59. The minimum absolute atomic E-state index is 0.0569. The van der Waals surface area contributed by atoms with E-state index in [1.807, 2.05) is 58.0 Å². The van der Waals surface area contributed by atoms with E-state index in [1.165, 1.54) is 7.11 Å². The molecular weight excluding hydrogens is 306 g/mol. The maximum Gasteiger partial charge on any atom is 0.335 e. The minimum atomic E-state index is -1.11. The second kappa shape index (κ2) is 5.59. The average molecular weight is 331 g/mol. The molecule has 0 aliphatic carbocycles. The molecule has 0 bridgehead atoms. The first-order valence-electron chi connectivity index (χ1n) is 8.35. The molecule has 0 N–H and O–H groups in total. The SMILES string of the molecule is COC(=O)[C@]12[C@H](C)O[C@H](C(C)(C)C)N1C(=O)C[C@@H]2c1ccccc1. The Morgan fingerprint density at radius 1 is 1.29 bits per heavy atom. The van der Waals surface area contributed by atoms with Crippen molar-refractivity contribution in [1.29, 1.82) is 0 Å². The number of hydrogen-bond donors (Lipinski definition) is 0. The van der Waals surface area contributed by atoms with E-state index >= 15 is 0 Å². The van der Waals surface area contributed by atoms with Crippen LogP contribution in [0.5, 0.6) is 0 Å². The van der Waals surface area contributed by atoms with Gasteiger partial charge in [0.25, 0.3) is 0 Å². The zero-order chi connectivity index (χ0) is 17.7. The summed E-state index contributed by atoms with van der Waals surface area (Å²) in [7, 11) is 1.37. The topological polar surface area (TPSA) is 55.8 Å². The minimum Gasteiger partial charge on any atom is -0.467 e. The summed E-state index contributed by atoms with van der Waals surface area (Å²) in [5, 5.41) is 0. The van der Waals surface area contributed by atoms with Crippen LogP contribution in [0.4, 0.5) is 0 Å². The molecule has 0 saturated carbocycles. The lowest BCUT2D eigenvalue weighted by Gasteiger charge is -2.39. The van der Waals surface area contributed by atoms with Gasteiger partial charge in [-0.2, -0.15) is 0 Å². The number of esters is 1. The van der Waals surface area contributed by atoms with Gasteiger partial charge in [-0.3, -0.25) is 9.69 Å². The summed E-state index contributed by atoms with van der Waals surface area (Å²) < 4.78 is 11.3. The van der Waals surface area contributed by atoms with Crippen LogP contribution in [0.2, 0.25) is 0 Å². The van der Waals surface area contributed by atoms with Gasteiger partial charge in [-0.05, 0) is 12.5 Å². The molecule has 1 amide bonds. The maximum absolute atomic E-state index is 12.9. The van der Waals surface area contributed by atoms with Gasteiger partial charge in [0.15, 0.2) is 5.54 Å². The van der Waals surface area contributed by atoms with Crippen molar-refractivity contribution in [3.8, 4) is 0 Å². The molecule has 0 spiro atoms. The molecule has 5 heteroatoms.